The van der Waals surface area contributed by atoms with E-state index in [1.165, 1.54) is 0 Å². The highest BCUT2D eigenvalue weighted by atomic mass is 16.5. The van der Waals surface area contributed by atoms with E-state index in [1.807, 2.05) is 6.92 Å². The summed E-state index contributed by atoms with van der Waals surface area (Å²) in [5, 5.41) is 3.48. The molecule has 0 aliphatic heterocycles. The van der Waals surface area contributed by atoms with Crippen LogP contribution in [0.25, 0.3) is 0 Å². The molecule has 72 valence electrons. The minimum Gasteiger partial charge on any atom is -0.380 e. The van der Waals surface area contributed by atoms with E-state index >= 15 is 0 Å². The predicted molar refractivity (Wildman–Crippen MR) is 50.1 cm³/mol. The highest BCUT2D eigenvalue weighted by Crippen LogP contribution is 2.17. The lowest BCUT2D eigenvalue weighted by Gasteiger charge is -2.35. The van der Waals surface area contributed by atoms with Crippen LogP contribution < -0.4 is 11.1 Å². The molecule has 1 saturated carbocycles. The van der Waals surface area contributed by atoms with Crippen molar-refractivity contribution in [3.8, 4) is 0 Å². The Kier molecular flexibility index (Phi) is 3.98. The summed E-state index contributed by atoms with van der Waals surface area (Å²) in [4.78, 5) is 0. The van der Waals surface area contributed by atoms with Gasteiger partial charge in [-0.15, -0.1) is 0 Å². The lowest BCUT2D eigenvalue weighted by atomic mass is 9.87. The van der Waals surface area contributed by atoms with Crippen LogP contribution in [0.3, 0.4) is 0 Å². The van der Waals surface area contributed by atoms with E-state index in [4.69, 9.17) is 10.5 Å². The minimum atomic E-state index is 0.432. The molecule has 1 aliphatic rings. The van der Waals surface area contributed by atoms with Gasteiger partial charge in [-0.25, -0.2) is 0 Å². The Morgan fingerprint density at radius 3 is 2.75 bits per heavy atom. The molecule has 1 fully saturated rings. The number of ether oxygens (including phenoxy) is 1. The summed E-state index contributed by atoms with van der Waals surface area (Å²) in [6.07, 6.45) is 2.24. The van der Waals surface area contributed by atoms with Crippen molar-refractivity contribution >= 4 is 0 Å². The highest BCUT2D eigenvalue weighted by molar-refractivity contribution is 4.88. The fourth-order valence-corrected chi connectivity index (χ4v) is 1.54. The molecule has 12 heavy (non-hydrogen) atoms. The van der Waals surface area contributed by atoms with Gasteiger partial charge in [0.2, 0.25) is 0 Å². The first kappa shape index (κ1) is 9.96. The van der Waals surface area contributed by atoms with E-state index in [9.17, 15) is 0 Å². The van der Waals surface area contributed by atoms with E-state index in [0.717, 1.165) is 26.1 Å². The van der Waals surface area contributed by atoms with Gasteiger partial charge in [0.25, 0.3) is 0 Å². The topological polar surface area (TPSA) is 47.3 Å². The van der Waals surface area contributed by atoms with Gasteiger partial charge in [0.05, 0.1) is 6.61 Å². The summed E-state index contributed by atoms with van der Waals surface area (Å²) in [5.41, 5.74) is 5.67. The van der Waals surface area contributed by atoms with Gasteiger partial charge in [-0.05, 0) is 26.7 Å². The van der Waals surface area contributed by atoms with Crippen LogP contribution in [0.4, 0.5) is 0 Å². The van der Waals surface area contributed by atoms with Gasteiger partial charge >= 0.3 is 0 Å². The van der Waals surface area contributed by atoms with Gasteiger partial charge in [0.15, 0.2) is 0 Å². The molecule has 0 radical (unpaired) electrons. The van der Waals surface area contributed by atoms with Crippen LogP contribution in [-0.2, 0) is 4.74 Å². The molecule has 0 aromatic rings. The molecule has 0 saturated heterocycles. The van der Waals surface area contributed by atoms with Gasteiger partial charge < -0.3 is 15.8 Å². The lowest BCUT2D eigenvalue weighted by Crippen LogP contribution is -2.51. The van der Waals surface area contributed by atoms with Gasteiger partial charge in [0, 0.05) is 24.7 Å². The maximum absolute atomic E-state index is 5.67. The zero-order valence-electron chi connectivity index (χ0n) is 8.05. The molecular weight excluding hydrogens is 152 g/mol. The van der Waals surface area contributed by atoms with Gasteiger partial charge in [0.1, 0.15) is 0 Å². The van der Waals surface area contributed by atoms with E-state index in [0.29, 0.717) is 18.1 Å². The molecule has 0 bridgehead atoms. The first-order valence-electron chi connectivity index (χ1n) is 4.81. The van der Waals surface area contributed by atoms with Crippen molar-refractivity contribution in [1.82, 2.24) is 5.32 Å². The zero-order chi connectivity index (χ0) is 8.97. The Hall–Kier alpha value is -0.120. The van der Waals surface area contributed by atoms with Crippen LogP contribution in [0, 0.1) is 0 Å². The first-order valence-corrected chi connectivity index (χ1v) is 4.81. The Balaban J connectivity index is 1.98. The predicted octanol–water partition coefficient (Wildman–Crippen LogP) is 0.491. The third-order valence-corrected chi connectivity index (χ3v) is 2.27. The van der Waals surface area contributed by atoms with Crippen molar-refractivity contribution < 1.29 is 4.74 Å². The Morgan fingerprint density at radius 2 is 2.25 bits per heavy atom. The van der Waals surface area contributed by atoms with E-state index in [-0.39, 0.29) is 0 Å². The van der Waals surface area contributed by atoms with E-state index in [2.05, 4.69) is 12.2 Å². The average molecular weight is 172 g/mol. The van der Waals surface area contributed by atoms with Crippen LogP contribution in [0.2, 0.25) is 0 Å². The van der Waals surface area contributed by atoms with Gasteiger partial charge in [-0.3, -0.25) is 0 Å². The molecule has 3 nitrogen and oxygen atoms in total. The van der Waals surface area contributed by atoms with Crippen molar-refractivity contribution in [2.45, 2.75) is 44.8 Å². The van der Waals surface area contributed by atoms with Crippen molar-refractivity contribution in [2.75, 3.05) is 13.2 Å². The third-order valence-electron chi connectivity index (χ3n) is 2.27. The molecule has 0 aromatic heterocycles. The SMILES string of the molecule is CCOCC(C)NC1CC(N)C1. The lowest BCUT2D eigenvalue weighted by molar-refractivity contribution is 0.115. The summed E-state index contributed by atoms with van der Waals surface area (Å²) >= 11 is 0. The summed E-state index contributed by atoms with van der Waals surface area (Å²) in [7, 11) is 0. The molecule has 0 heterocycles. The molecule has 1 rings (SSSR count). The molecule has 1 atom stereocenters. The summed E-state index contributed by atoms with van der Waals surface area (Å²) in [5.74, 6) is 0. The summed E-state index contributed by atoms with van der Waals surface area (Å²) < 4.78 is 5.30. The van der Waals surface area contributed by atoms with E-state index in [1.54, 1.807) is 0 Å². The Labute approximate surface area is 74.7 Å². The standard InChI is InChI=1S/C9H20N2O/c1-3-12-6-7(2)11-9-4-8(10)5-9/h7-9,11H,3-6,10H2,1-2H3. The summed E-state index contributed by atoms with van der Waals surface area (Å²) in [6.45, 7) is 5.78. The molecule has 3 heteroatoms. The number of rotatable bonds is 5. The molecule has 0 spiro atoms. The van der Waals surface area contributed by atoms with Crippen molar-refractivity contribution in [3.63, 3.8) is 0 Å². The largest absolute Gasteiger partial charge is 0.380 e. The molecule has 0 amide bonds. The van der Waals surface area contributed by atoms with Gasteiger partial charge in [-0.1, -0.05) is 0 Å². The van der Waals surface area contributed by atoms with Gasteiger partial charge in [-0.2, -0.15) is 0 Å². The van der Waals surface area contributed by atoms with Crippen LogP contribution in [0.5, 0.6) is 0 Å². The van der Waals surface area contributed by atoms with Crippen molar-refractivity contribution in [1.29, 1.82) is 0 Å². The fraction of sp³-hybridized carbons (Fsp3) is 1.00. The van der Waals surface area contributed by atoms with Crippen LogP contribution >= 0.6 is 0 Å². The maximum Gasteiger partial charge on any atom is 0.0616 e. The summed E-state index contributed by atoms with van der Waals surface area (Å²) in [6, 6.07) is 1.53. The quantitative estimate of drug-likeness (QED) is 0.634. The second-order valence-corrected chi connectivity index (χ2v) is 3.66. The second kappa shape index (κ2) is 4.80. The Bertz CT molecular complexity index is 124. The third kappa shape index (κ3) is 3.09. The normalized spacial score (nSPS) is 31.2. The highest BCUT2D eigenvalue weighted by Gasteiger charge is 2.26. The molecule has 1 aliphatic carbocycles. The number of hydrogen-bond acceptors (Lipinski definition) is 3. The van der Waals surface area contributed by atoms with Crippen LogP contribution in [-0.4, -0.2) is 31.3 Å². The minimum absolute atomic E-state index is 0.432. The van der Waals surface area contributed by atoms with Crippen molar-refractivity contribution in [2.24, 2.45) is 5.73 Å². The zero-order valence-corrected chi connectivity index (χ0v) is 8.05. The Morgan fingerprint density at radius 1 is 1.58 bits per heavy atom. The van der Waals surface area contributed by atoms with E-state index < -0.39 is 0 Å². The molecular formula is C9H20N2O. The first-order chi connectivity index (χ1) is 5.72. The molecule has 3 N–H and O–H groups in total. The second-order valence-electron chi connectivity index (χ2n) is 3.66. The fourth-order valence-electron chi connectivity index (χ4n) is 1.54. The number of nitrogens with two attached hydrogens (primary N) is 1. The molecule has 1 unspecified atom stereocenters. The average Bonchev–Trinajstić information content (AvgIpc) is 1.98. The maximum atomic E-state index is 5.67. The molecule has 0 aromatic carbocycles. The van der Waals surface area contributed by atoms with Crippen LogP contribution in [0.15, 0.2) is 0 Å². The van der Waals surface area contributed by atoms with Crippen LogP contribution in [0.1, 0.15) is 26.7 Å². The monoisotopic (exact) mass is 172 g/mol. The smallest absolute Gasteiger partial charge is 0.0616 e. The van der Waals surface area contributed by atoms with Crippen molar-refractivity contribution in [3.05, 3.63) is 0 Å². The number of hydrogen-bond donors (Lipinski definition) is 2. The number of nitrogens with one attached hydrogen (secondary N) is 1.